The van der Waals surface area contributed by atoms with Gasteiger partial charge in [0.1, 0.15) is 0 Å². The Balaban J connectivity index is 1.12. The second-order valence-corrected chi connectivity index (χ2v) is 17.4. The van der Waals surface area contributed by atoms with Gasteiger partial charge >= 0.3 is 0 Å². The molecular formula is C58H45BN4. The van der Waals surface area contributed by atoms with Gasteiger partial charge in [0.15, 0.2) is 0 Å². The Hall–Kier alpha value is -7.76. The van der Waals surface area contributed by atoms with Crippen molar-refractivity contribution in [3.05, 3.63) is 222 Å². The Morgan fingerprint density at radius 2 is 0.810 bits per heavy atom. The summed E-state index contributed by atoms with van der Waals surface area (Å²) in [6.45, 7) is 8.66. The van der Waals surface area contributed by atoms with Crippen LogP contribution in [0.2, 0.25) is 0 Å². The highest BCUT2D eigenvalue weighted by molar-refractivity contribution is 7.00. The van der Waals surface area contributed by atoms with Crippen LogP contribution in [0.1, 0.15) is 22.3 Å². The van der Waals surface area contributed by atoms with Crippen LogP contribution in [0.3, 0.4) is 0 Å². The molecule has 4 nitrogen and oxygen atoms in total. The second-order valence-electron chi connectivity index (χ2n) is 17.4. The van der Waals surface area contributed by atoms with Crippen LogP contribution < -0.4 is 31.1 Å². The van der Waals surface area contributed by atoms with Crippen LogP contribution in [0, 0.1) is 27.7 Å². The third-order valence-electron chi connectivity index (χ3n) is 13.2. The molecule has 300 valence electrons. The molecule has 63 heavy (non-hydrogen) atoms. The van der Waals surface area contributed by atoms with Crippen molar-refractivity contribution < 1.29 is 0 Å². The summed E-state index contributed by atoms with van der Waals surface area (Å²) in [4.78, 5) is 7.37. The molecule has 0 saturated carbocycles. The summed E-state index contributed by atoms with van der Waals surface area (Å²) < 4.78 is 2.46. The van der Waals surface area contributed by atoms with Gasteiger partial charge in [-0.15, -0.1) is 0 Å². The highest BCUT2D eigenvalue weighted by atomic mass is 15.2. The smallest absolute Gasteiger partial charge is 0.252 e. The first-order valence-corrected chi connectivity index (χ1v) is 22.0. The largest absolute Gasteiger partial charge is 0.311 e. The van der Waals surface area contributed by atoms with Crippen molar-refractivity contribution in [2.75, 3.05) is 14.7 Å². The van der Waals surface area contributed by atoms with Crippen LogP contribution >= 0.6 is 0 Å². The molecule has 10 aromatic rings. The number of hydrogen-bond acceptors (Lipinski definition) is 3. The number of anilines is 9. The third kappa shape index (κ3) is 5.91. The molecule has 0 N–H and O–H groups in total. The molecule has 2 aliphatic heterocycles. The Bertz CT molecular complexity index is 3290. The van der Waals surface area contributed by atoms with Crippen LogP contribution in [-0.2, 0) is 0 Å². The van der Waals surface area contributed by atoms with E-state index < -0.39 is 0 Å². The molecule has 1 aromatic heterocycles. The van der Waals surface area contributed by atoms with Crippen molar-refractivity contribution in [1.82, 2.24) is 4.57 Å². The van der Waals surface area contributed by atoms with Crippen LogP contribution in [-0.4, -0.2) is 11.3 Å². The van der Waals surface area contributed by atoms with Crippen LogP contribution in [0.25, 0.3) is 27.5 Å². The van der Waals surface area contributed by atoms with E-state index in [-0.39, 0.29) is 6.71 Å². The number of fused-ring (bicyclic) bond motifs is 7. The number of aryl methyl sites for hydroxylation is 4. The molecular weight excluding hydrogens is 763 g/mol. The number of aromatic nitrogens is 1. The van der Waals surface area contributed by atoms with Crippen molar-refractivity contribution in [1.29, 1.82) is 0 Å². The van der Waals surface area contributed by atoms with E-state index in [0.29, 0.717) is 0 Å². The number of para-hydroxylation sites is 2. The van der Waals surface area contributed by atoms with Gasteiger partial charge in [-0.05, 0) is 153 Å². The van der Waals surface area contributed by atoms with Gasteiger partial charge < -0.3 is 19.3 Å². The fourth-order valence-electron chi connectivity index (χ4n) is 10.3. The lowest BCUT2D eigenvalue weighted by atomic mass is 9.33. The molecule has 3 heterocycles. The lowest BCUT2D eigenvalue weighted by Gasteiger charge is -2.44. The third-order valence-corrected chi connectivity index (χ3v) is 13.2. The Morgan fingerprint density at radius 1 is 0.349 bits per heavy atom. The molecule has 12 rings (SSSR count). The summed E-state index contributed by atoms with van der Waals surface area (Å²) in [5.74, 6) is 0. The van der Waals surface area contributed by atoms with Gasteiger partial charge in [0.25, 0.3) is 6.71 Å². The quantitative estimate of drug-likeness (QED) is 0.156. The minimum Gasteiger partial charge on any atom is -0.311 e. The first-order valence-electron chi connectivity index (χ1n) is 22.0. The Morgan fingerprint density at radius 3 is 1.33 bits per heavy atom. The average molecular weight is 809 g/mol. The minimum absolute atomic E-state index is 0.0140. The zero-order valence-corrected chi connectivity index (χ0v) is 35.9. The first kappa shape index (κ1) is 37.0. The lowest BCUT2D eigenvalue weighted by molar-refractivity contribution is 1.17. The topological polar surface area (TPSA) is 14.7 Å². The average Bonchev–Trinajstić information content (AvgIpc) is 3.63. The SMILES string of the molecule is Cc1ccc(N(c2ccc(C)cc2)c2ccc3c(c2)N(c2ccccc2)c2cccc4c2B3c2ccc(-n3c5ccc(C)cc5c5cc(C)ccc53)cc2N4c2ccccc2)cc1. The van der Waals surface area contributed by atoms with Crippen molar-refractivity contribution in [3.8, 4) is 5.69 Å². The van der Waals surface area contributed by atoms with Crippen molar-refractivity contribution in [3.63, 3.8) is 0 Å². The molecule has 0 saturated heterocycles. The van der Waals surface area contributed by atoms with Gasteiger partial charge in [0.05, 0.1) is 11.0 Å². The number of rotatable bonds is 6. The van der Waals surface area contributed by atoms with Gasteiger partial charge in [0.2, 0.25) is 0 Å². The van der Waals surface area contributed by atoms with E-state index in [2.05, 4.69) is 247 Å². The molecule has 0 amide bonds. The van der Waals surface area contributed by atoms with Gasteiger partial charge in [-0.25, -0.2) is 0 Å². The predicted octanol–water partition coefficient (Wildman–Crippen LogP) is 13.6. The second kappa shape index (κ2) is 14.4. The maximum atomic E-state index is 2.50. The van der Waals surface area contributed by atoms with Gasteiger partial charge in [-0.2, -0.15) is 0 Å². The van der Waals surface area contributed by atoms with E-state index >= 15 is 0 Å². The minimum atomic E-state index is -0.0140. The first-order chi connectivity index (χ1) is 30.9. The normalized spacial score (nSPS) is 12.7. The molecule has 0 unspecified atom stereocenters. The van der Waals surface area contributed by atoms with E-state index in [4.69, 9.17) is 0 Å². The fraction of sp³-hybridized carbons (Fsp3) is 0.0690. The molecule has 0 atom stereocenters. The van der Waals surface area contributed by atoms with Crippen molar-refractivity contribution >= 4 is 96.1 Å². The number of benzene rings is 9. The maximum absolute atomic E-state index is 2.50. The van der Waals surface area contributed by atoms with E-state index in [9.17, 15) is 0 Å². The molecule has 0 aliphatic carbocycles. The van der Waals surface area contributed by atoms with Crippen molar-refractivity contribution in [2.45, 2.75) is 27.7 Å². The predicted molar refractivity (Wildman–Crippen MR) is 268 cm³/mol. The number of hydrogen-bond donors (Lipinski definition) is 0. The van der Waals surface area contributed by atoms with E-state index in [0.717, 1.165) is 34.1 Å². The summed E-state index contributed by atoms with van der Waals surface area (Å²) in [5.41, 5.74) is 22.8. The van der Waals surface area contributed by atoms with Crippen LogP contribution in [0.4, 0.5) is 51.2 Å². The molecule has 5 heteroatoms. The molecule has 9 aromatic carbocycles. The highest BCUT2D eigenvalue weighted by Gasteiger charge is 2.43. The maximum Gasteiger partial charge on any atom is 0.252 e. The highest BCUT2D eigenvalue weighted by Crippen LogP contribution is 2.46. The summed E-state index contributed by atoms with van der Waals surface area (Å²) in [5, 5.41) is 2.56. The van der Waals surface area contributed by atoms with E-state index in [1.807, 2.05) is 0 Å². The Labute approximate surface area is 369 Å². The molecule has 0 fully saturated rings. The van der Waals surface area contributed by atoms with Gasteiger partial charge in [-0.3, -0.25) is 0 Å². The molecule has 0 bridgehead atoms. The zero-order chi connectivity index (χ0) is 42.3. The molecule has 2 aliphatic rings. The van der Waals surface area contributed by atoms with Crippen LogP contribution in [0.5, 0.6) is 0 Å². The molecule has 0 spiro atoms. The fourth-order valence-corrected chi connectivity index (χ4v) is 10.3. The lowest BCUT2D eigenvalue weighted by Crippen LogP contribution is -2.61. The van der Waals surface area contributed by atoms with Gasteiger partial charge in [-0.1, -0.05) is 113 Å². The Kier molecular flexibility index (Phi) is 8.48. The van der Waals surface area contributed by atoms with E-state index in [1.165, 1.54) is 83.2 Å². The monoisotopic (exact) mass is 808 g/mol. The molecule has 0 radical (unpaired) electrons. The summed E-state index contributed by atoms with van der Waals surface area (Å²) in [7, 11) is 0. The van der Waals surface area contributed by atoms with Crippen LogP contribution in [0.15, 0.2) is 200 Å². The van der Waals surface area contributed by atoms with Crippen molar-refractivity contribution in [2.24, 2.45) is 0 Å². The number of nitrogens with zero attached hydrogens (tertiary/aromatic N) is 4. The van der Waals surface area contributed by atoms with E-state index in [1.54, 1.807) is 0 Å². The summed E-state index contributed by atoms with van der Waals surface area (Å²) in [6, 6.07) is 74.5. The summed E-state index contributed by atoms with van der Waals surface area (Å²) in [6.07, 6.45) is 0. The standard InChI is InChI=1S/C58H45BN4/c1-38-18-24-44(25-19-38)60(45-26-20-39(2)21-27-45)46-28-30-50-56(36-46)61(42-12-7-5-8-13-42)54-16-11-17-55-58(54)59(50)51-31-29-47(37-57(51)62(55)43-14-9-6-10-15-43)63-52-32-22-40(3)34-48(52)49-35-41(4)23-33-53(49)63/h5-37H,1-4H3. The zero-order valence-electron chi connectivity index (χ0n) is 35.9. The van der Waals surface area contributed by atoms with Gasteiger partial charge in [0, 0.05) is 67.6 Å². The summed E-state index contributed by atoms with van der Waals surface area (Å²) >= 11 is 0.